The predicted octanol–water partition coefficient (Wildman–Crippen LogP) is 4.44. The van der Waals surface area contributed by atoms with Crippen LogP contribution in [0.3, 0.4) is 0 Å². The van der Waals surface area contributed by atoms with Crippen LogP contribution in [0.25, 0.3) is 0 Å². The highest BCUT2D eigenvalue weighted by atomic mass is 19.4. The lowest BCUT2D eigenvalue weighted by atomic mass is 10.1. The number of carbonyl (C=O) groups is 1. The van der Waals surface area contributed by atoms with Gasteiger partial charge in [-0.05, 0) is 24.1 Å². The quantitative estimate of drug-likeness (QED) is 0.719. The van der Waals surface area contributed by atoms with Gasteiger partial charge < -0.3 is 5.32 Å². The number of nitrogens with one attached hydrogen (secondary N) is 1. The van der Waals surface area contributed by atoms with E-state index in [1.807, 2.05) is 31.2 Å². The number of amides is 1. The van der Waals surface area contributed by atoms with E-state index < -0.39 is 17.6 Å². The standard InChI is InChI=1S/C20H18F3N3O/c1-14-5-7-15(8-6-14)13-26-18(9-10-24-26)25-19(27)12-16-3-2-4-17(11-16)20(21,22)23/h2-11H,12-13H2,1H3,(H,25,27). The third-order valence-electron chi connectivity index (χ3n) is 4.06. The minimum absolute atomic E-state index is 0.153. The van der Waals surface area contributed by atoms with Crippen LogP contribution in [0.5, 0.6) is 0 Å². The average Bonchev–Trinajstić information content (AvgIpc) is 3.03. The molecule has 1 heterocycles. The molecule has 0 unspecified atom stereocenters. The van der Waals surface area contributed by atoms with Crippen molar-refractivity contribution in [1.29, 1.82) is 0 Å². The summed E-state index contributed by atoms with van der Waals surface area (Å²) in [6.07, 6.45) is -3.02. The molecule has 0 spiro atoms. The van der Waals surface area contributed by atoms with Crippen LogP contribution in [-0.2, 0) is 23.9 Å². The van der Waals surface area contributed by atoms with Crippen molar-refractivity contribution in [3.05, 3.63) is 83.0 Å². The first-order chi connectivity index (χ1) is 12.8. The second-order valence-corrected chi connectivity index (χ2v) is 6.28. The Morgan fingerprint density at radius 1 is 1.07 bits per heavy atom. The van der Waals surface area contributed by atoms with E-state index in [1.165, 1.54) is 12.1 Å². The van der Waals surface area contributed by atoms with Gasteiger partial charge in [-0.3, -0.25) is 4.79 Å². The Balaban J connectivity index is 1.67. The molecule has 0 radical (unpaired) electrons. The molecule has 0 aliphatic carbocycles. The smallest absolute Gasteiger partial charge is 0.311 e. The fourth-order valence-electron chi connectivity index (χ4n) is 2.66. The summed E-state index contributed by atoms with van der Waals surface area (Å²) in [4.78, 5) is 12.3. The van der Waals surface area contributed by atoms with Gasteiger partial charge in [0.05, 0.1) is 24.7 Å². The Hall–Kier alpha value is -3.09. The van der Waals surface area contributed by atoms with E-state index in [-0.39, 0.29) is 6.42 Å². The molecule has 7 heteroatoms. The molecular weight excluding hydrogens is 355 g/mol. The number of benzene rings is 2. The Labute approximate surface area is 154 Å². The van der Waals surface area contributed by atoms with Gasteiger partial charge in [-0.1, -0.05) is 48.0 Å². The molecule has 3 aromatic rings. The Bertz CT molecular complexity index is 930. The molecule has 1 N–H and O–H groups in total. The van der Waals surface area contributed by atoms with Crippen LogP contribution in [0.4, 0.5) is 19.0 Å². The number of carbonyl (C=O) groups excluding carboxylic acids is 1. The summed E-state index contributed by atoms with van der Waals surface area (Å²) in [5.41, 5.74) is 1.70. The molecular formula is C20H18F3N3O. The maximum Gasteiger partial charge on any atom is 0.416 e. The van der Waals surface area contributed by atoms with E-state index in [9.17, 15) is 18.0 Å². The lowest BCUT2D eigenvalue weighted by molar-refractivity contribution is -0.137. The molecule has 27 heavy (non-hydrogen) atoms. The third-order valence-corrected chi connectivity index (χ3v) is 4.06. The summed E-state index contributed by atoms with van der Waals surface area (Å²) in [7, 11) is 0. The first-order valence-electron chi connectivity index (χ1n) is 8.34. The van der Waals surface area contributed by atoms with E-state index in [4.69, 9.17) is 0 Å². The number of rotatable bonds is 5. The van der Waals surface area contributed by atoms with Crippen molar-refractivity contribution in [3.8, 4) is 0 Å². The first-order valence-corrected chi connectivity index (χ1v) is 8.34. The minimum atomic E-state index is -4.43. The van der Waals surface area contributed by atoms with E-state index in [0.717, 1.165) is 23.3 Å². The van der Waals surface area contributed by atoms with Crippen LogP contribution in [0.2, 0.25) is 0 Å². The van der Waals surface area contributed by atoms with E-state index in [0.29, 0.717) is 17.9 Å². The molecule has 140 valence electrons. The van der Waals surface area contributed by atoms with E-state index >= 15 is 0 Å². The highest BCUT2D eigenvalue weighted by Gasteiger charge is 2.30. The zero-order valence-corrected chi connectivity index (χ0v) is 14.6. The zero-order chi connectivity index (χ0) is 19.4. The summed E-state index contributed by atoms with van der Waals surface area (Å²) in [5.74, 6) is 0.0903. The lowest BCUT2D eigenvalue weighted by Crippen LogP contribution is -2.18. The topological polar surface area (TPSA) is 46.9 Å². The van der Waals surface area contributed by atoms with Crippen LogP contribution in [0.15, 0.2) is 60.8 Å². The van der Waals surface area contributed by atoms with Gasteiger partial charge in [0, 0.05) is 6.07 Å². The van der Waals surface area contributed by atoms with Crippen LogP contribution >= 0.6 is 0 Å². The van der Waals surface area contributed by atoms with Gasteiger partial charge >= 0.3 is 6.18 Å². The van der Waals surface area contributed by atoms with E-state index in [1.54, 1.807) is 16.9 Å². The molecule has 0 aliphatic heterocycles. The lowest BCUT2D eigenvalue weighted by Gasteiger charge is -2.11. The molecule has 0 fully saturated rings. The number of hydrogen-bond donors (Lipinski definition) is 1. The van der Waals surface area contributed by atoms with Crippen molar-refractivity contribution in [1.82, 2.24) is 9.78 Å². The van der Waals surface area contributed by atoms with Gasteiger partial charge in [-0.2, -0.15) is 18.3 Å². The molecule has 4 nitrogen and oxygen atoms in total. The van der Waals surface area contributed by atoms with Gasteiger partial charge in [-0.15, -0.1) is 0 Å². The molecule has 2 aromatic carbocycles. The fourth-order valence-corrected chi connectivity index (χ4v) is 2.66. The molecule has 0 saturated heterocycles. The van der Waals surface area contributed by atoms with Gasteiger partial charge in [-0.25, -0.2) is 4.68 Å². The Kier molecular flexibility index (Phi) is 5.30. The molecule has 1 amide bonds. The van der Waals surface area contributed by atoms with E-state index in [2.05, 4.69) is 10.4 Å². The molecule has 0 saturated carbocycles. The molecule has 0 atom stereocenters. The summed E-state index contributed by atoms with van der Waals surface area (Å²) < 4.78 is 40.0. The first kappa shape index (κ1) is 18.7. The van der Waals surface area contributed by atoms with Crippen LogP contribution in [0.1, 0.15) is 22.3 Å². The summed E-state index contributed by atoms with van der Waals surface area (Å²) in [5, 5.41) is 6.90. The highest BCUT2D eigenvalue weighted by Crippen LogP contribution is 2.29. The number of aromatic nitrogens is 2. The minimum Gasteiger partial charge on any atom is -0.311 e. The summed E-state index contributed by atoms with van der Waals surface area (Å²) in [6, 6.07) is 14.4. The summed E-state index contributed by atoms with van der Waals surface area (Å²) in [6.45, 7) is 2.48. The second kappa shape index (κ2) is 7.65. The van der Waals surface area contributed by atoms with Crippen molar-refractivity contribution in [2.75, 3.05) is 5.32 Å². The fraction of sp³-hybridized carbons (Fsp3) is 0.200. The Morgan fingerprint density at radius 3 is 2.52 bits per heavy atom. The predicted molar refractivity (Wildman–Crippen MR) is 96.3 cm³/mol. The number of aryl methyl sites for hydroxylation is 1. The number of hydrogen-bond acceptors (Lipinski definition) is 2. The average molecular weight is 373 g/mol. The van der Waals surface area contributed by atoms with Crippen molar-refractivity contribution >= 4 is 11.7 Å². The van der Waals surface area contributed by atoms with Gasteiger partial charge in [0.1, 0.15) is 5.82 Å². The number of nitrogens with zero attached hydrogens (tertiary/aromatic N) is 2. The van der Waals surface area contributed by atoms with Crippen molar-refractivity contribution < 1.29 is 18.0 Å². The second-order valence-electron chi connectivity index (χ2n) is 6.28. The highest BCUT2D eigenvalue weighted by molar-refractivity contribution is 5.91. The van der Waals surface area contributed by atoms with Gasteiger partial charge in [0.25, 0.3) is 0 Å². The normalized spacial score (nSPS) is 11.4. The molecule has 0 aliphatic rings. The van der Waals surface area contributed by atoms with Crippen LogP contribution in [-0.4, -0.2) is 15.7 Å². The van der Waals surface area contributed by atoms with Crippen molar-refractivity contribution in [2.24, 2.45) is 0 Å². The van der Waals surface area contributed by atoms with Gasteiger partial charge in [0.2, 0.25) is 5.91 Å². The third kappa shape index (κ3) is 4.97. The molecule has 3 rings (SSSR count). The van der Waals surface area contributed by atoms with Crippen LogP contribution < -0.4 is 5.32 Å². The SMILES string of the molecule is Cc1ccc(Cn2nccc2NC(=O)Cc2cccc(C(F)(F)F)c2)cc1. The Morgan fingerprint density at radius 2 is 1.81 bits per heavy atom. The van der Waals surface area contributed by atoms with Gasteiger partial charge in [0.15, 0.2) is 0 Å². The monoisotopic (exact) mass is 373 g/mol. The molecule has 1 aromatic heterocycles. The van der Waals surface area contributed by atoms with Crippen LogP contribution in [0, 0.1) is 6.92 Å². The maximum atomic E-state index is 12.8. The number of alkyl halides is 3. The summed E-state index contributed by atoms with van der Waals surface area (Å²) >= 11 is 0. The molecule has 0 bridgehead atoms. The largest absolute Gasteiger partial charge is 0.416 e. The zero-order valence-electron chi connectivity index (χ0n) is 14.6. The number of anilines is 1. The van der Waals surface area contributed by atoms with Crippen molar-refractivity contribution in [2.45, 2.75) is 26.1 Å². The number of halogens is 3. The maximum absolute atomic E-state index is 12.8. The van der Waals surface area contributed by atoms with Crippen molar-refractivity contribution in [3.63, 3.8) is 0 Å².